The smallest absolute Gasteiger partial charge is 0.261 e. The van der Waals surface area contributed by atoms with Crippen molar-refractivity contribution in [2.75, 3.05) is 0 Å². The number of rotatable bonds is 4. The summed E-state index contributed by atoms with van der Waals surface area (Å²) in [5.74, 6) is -0.00790. The lowest BCUT2D eigenvalue weighted by Crippen LogP contribution is -2.37. The standard InChI is InChI=1S/C17H13FN4O3/c18-12-3-1-2-11-8-13(24-15(11)12)17(23)20-9-14-21-16(22-25-14)10-4-6-19-7-5-10/h1-7,13H,8-9H2,(H,20,23). The zero-order valence-corrected chi connectivity index (χ0v) is 13.0. The number of halogens is 1. The Morgan fingerprint density at radius 1 is 1.28 bits per heavy atom. The molecule has 25 heavy (non-hydrogen) atoms. The molecule has 2 aromatic heterocycles. The minimum atomic E-state index is -0.769. The van der Waals surface area contributed by atoms with Crippen molar-refractivity contribution < 1.29 is 18.4 Å². The van der Waals surface area contributed by atoms with Crippen LogP contribution in [-0.2, 0) is 17.8 Å². The van der Waals surface area contributed by atoms with Crippen LogP contribution in [0.1, 0.15) is 11.5 Å². The van der Waals surface area contributed by atoms with Gasteiger partial charge in [-0.05, 0) is 18.2 Å². The number of amides is 1. The number of fused-ring (bicyclic) bond motifs is 1. The molecule has 0 radical (unpaired) electrons. The van der Waals surface area contributed by atoms with Gasteiger partial charge in [0, 0.05) is 29.9 Å². The number of ether oxygens (including phenoxy) is 1. The first-order valence-electron chi connectivity index (χ1n) is 7.65. The summed E-state index contributed by atoms with van der Waals surface area (Å²) < 4.78 is 24.2. The van der Waals surface area contributed by atoms with E-state index >= 15 is 0 Å². The monoisotopic (exact) mass is 340 g/mol. The van der Waals surface area contributed by atoms with E-state index in [1.165, 1.54) is 6.07 Å². The number of aromatic nitrogens is 3. The summed E-state index contributed by atoms with van der Waals surface area (Å²) in [7, 11) is 0. The van der Waals surface area contributed by atoms with E-state index in [0.717, 1.165) is 5.56 Å². The molecule has 1 aromatic carbocycles. The van der Waals surface area contributed by atoms with Crippen molar-refractivity contribution in [1.29, 1.82) is 0 Å². The van der Waals surface area contributed by atoms with Crippen molar-refractivity contribution >= 4 is 5.91 Å². The van der Waals surface area contributed by atoms with Crippen LogP contribution in [0.4, 0.5) is 4.39 Å². The van der Waals surface area contributed by atoms with Gasteiger partial charge in [0.05, 0.1) is 6.54 Å². The molecule has 1 aliphatic rings. The molecule has 4 rings (SSSR count). The third-order valence-electron chi connectivity index (χ3n) is 3.83. The number of carbonyl (C=O) groups is 1. The second-order valence-electron chi connectivity index (χ2n) is 5.50. The first-order valence-corrected chi connectivity index (χ1v) is 7.65. The van der Waals surface area contributed by atoms with Crippen molar-refractivity contribution in [3.05, 3.63) is 60.0 Å². The summed E-state index contributed by atoms with van der Waals surface area (Å²) in [6.45, 7) is 0.0651. The van der Waals surface area contributed by atoms with Crippen LogP contribution in [0.15, 0.2) is 47.2 Å². The highest BCUT2D eigenvalue weighted by Crippen LogP contribution is 2.31. The number of para-hydroxylation sites is 1. The topological polar surface area (TPSA) is 90.1 Å². The van der Waals surface area contributed by atoms with Crippen molar-refractivity contribution in [1.82, 2.24) is 20.4 Å². The largest absolute Gasteiger partial charge is 0.477 e. The maximum absolute atomic E-state index is 13.6. The predicted molar refractivity (Wildman–Crippen MR) is 83.9 cm³/mol. The fraction of sp³-hybridized carbons (Fsp3) is 0.176. The van der Waals surface area contributed by atoms with E-state index in [1.54, 1.807) is 36.7 Å². The van der Waals surface area contributed by atoms with Crippen LogP contribution in [0.3, 0.4) is 0 Å². The molecule has 1 aliphatic heterocycles. The molecule has 0 saturated carbocycles. The summed E-state index contributed by atoms with van der Waals surface area (Å²) in [4.78, 5) is 20.4. The number of pyridine rings is 1. The van der Waals surface area contributed by atoms with E-state index < -0.39 is 11.9 Å². The molecule has 8 heteroatoms. The molecular formula is C17H13FN4O3. The van der Waals surface area contributed by atoms with Gasteiger partial charge in [-0.1, -0.05) is 17.3 Å². The third-order valence-corrected chi connectivity index (χ3v) is 3.83. The highest BCUT2D eigenvalue weighted by molar-refractivity contribution is 5.82. The van der Waals surface area contributed by atoms with Gasteiger partial charge in [-0.25, -0.2) is 4.39 Å². The molecule has 0 saturated heterocycles. The minimum absolute atomic E-state index is 0.0651. The van der Waals surface area contributed by atoms with Gasteiger partial charge in [0.1, 0.15) is 0 Å². The highest BCUT2D eigenvalue weighted by atomic mass is 19.1. The zero-order chi connectivity index (χ0) is 17.2. The number of nitrogens with zero attached hydrogens (tertiary/aromatic N) is 3. The van der Waals surface area contributed by atoms with Gasteiger partial charge in [0.2, 0.25) is 11.7 Å². The van der Waals surface area contributed by atoms with Gasteiger partial charge < -0.3 is 14.6 Å². The predicted octanol–water partition coefficient (Wildman–Crippen LogP) is 1.89. The summed E-state index contributed by atoms with van der Waals surface area (Å²) >= 11 is 0. The van der Waals surface area contributed by atoms with Crippen LogP contribution in [0.5, 0.6) is 5.75 Å². The molecule has 1 atom stereocenters. The van der Waals surface area contributed by atoms with Gasteiger partial charge >= 0.3 is 0 Å². The van der Waals surface area contributed by atoms with Crippen molar-refractivity contribution in [2.24, 2.45) is 0 Å². The Kier molecular flexibility index (Phi) is 3.85. The van der Waals surface area contributed by atoms with E-state index in [1.807, 2.05) is 0 Å². The Morgan fingerprint density at radius 2 is 2.12 bits per heavy atom. The Morgan fingerprint density at radius 3 is 2.92 bits per heavy atom. The molecule has 0 aliphatic carbocycles. The van der Waals surface area contributed by atoms with Gasteiger partial charge in [0.25, 0.3) is 5.91 Å². The Bertz CT molecular complexity index is 913. The van der Waals surface area contributed by atoms with E-state index in [9.17, 15) is 9.18 Å². The average molecular weight is 340 g/mol. The van der Waals surface area contributed by atoms with Crippen molar-refractivity contribution in [3.63, 3.8) is 0 Å². The summed E-state index contributed by atoms with van der Waals surface area (Å²) in [5, 5.41) is 6.52. The van der Waals surface area contributed by atoms with Crippen LogP contribution >= 0.6 is 0 Å². The molecule has 3 heterocycles. The van der Waals surface area contributed by atoms with Crippen LogP contribution < -0.4 is 10.1 Å². The third kappa shape index (κ3) is 3.06. The summed E-state index contributed by atoms with van der Waals surface area (Å²) in [5.41, 5.74) is 1.44. The number of hydrogen-bond donors (Lipinski definition) is 1. The highest BCUT2D eigenvalue weighted by Gasteiger charge is 2.31. The zero-order valence-electron chi connectivity index (χ0n) is 13.0. The maximum Gasteiger partial charge on any atom is 0.261 e. The lowest BCUT2D eigenvalue weighted by molar-refractivity contribution is -0.127. The summed E-state index contributed by atoms with van der Waals surface area (Å²) in [6.07, 6.45) is 2.81. The maximum atomic E-state index is 13.6. The van der Waals surface area contributed by atoms with Gasteiger partial charge in [0.15, 0.2) is 17.7 Å². The molecule has 3 aromatic rings. The van der Waals surface area contributed by atoms with E-state index in [-0.39, 0.29) is 24.1 Å². The second kappa shape index (κ2) is 6.31. The van der Waals surface area contributed by atoms with Crippen molar-refractivity contribution in [3.8, 4) is 17.1 Å². The average Bonchev–Trinajstić information content (AvgIpc) is 3.28. The van der Waals surface area contributed by atoms with Crippen LogP contribution in [-0.4, -0.2) is 27.1 Å². The van der Waals surface area contributed by atoms with E-state index in [2.05, 4.69) is 20.4 Å². The van der Waals surface area contributed by atoms with Gasteiger partial charge in [-0.2, -0.15) is 4.98 Å². The van der Waals surface area contributed by atoms with E-state index in [0.29, 0.717) is 17.8 Å². The van der Waals surface area contributed by atoms with Gasteiger partial charge in [-0.3, -0.25) is 9.78 Å². The number of hydrogen-bond acceptors (Lipinski definition) is 6. The van der Waals surface area contributed by atoms with Crippen LogP contribution in [0.25, 0.3) is 11.4 Å². The SMILES string of the molecule is O=C(NCc1nc(-c2ccncc2)no1)C1Cc2cccc(F)c2O1. The van der Waals surface area contributed by atoms with Gasteiger partial charge in [-0.15, -0.1) is 0 Å². The Balaban J connectivity index is 1.37. The molecule has 1 unspecified atom stereocenters. The lowest BCUT2D eigenvalue weighted by Gasteiger charge is -2.10. The van der Waals surface area contributed by atoms with Crippen LogP contribution in [0.2, 0.25) is 0 Å². The molecule has 0 spiro atoms. The first kappa shape index (κ1) is 15.3. The minimum Gasteiger partial charge on any atom is -0.477 e. The number of benzene rings is 1. The summed E-state index contributed by atoms with van der Waals surface area (Å²) in [6, 6.07) is 8.15. The fourth-order valence-corrected chi connectivity index (χ4v) is 2.60. The normalized spacial score (nSPS) is 15.5. The molecular weight excluding hydrogens is 327 g/mol. The molecule has 7 nitrogen and oxygen atoms in total. The number of carbonyl (C=O) groups excluding carboxylic acids is 1. The second-order valence-corrected chi connectivity index (χ2v) is 5.50. The first-order chi connectivity index (χ1) is 12.2. The lowest BCUT2D eigenvalue weighted by atomic mass is 10.1. The molecule has 1 N–H and O–H groups in total. The molecule has 1 amide bonds. The molecule has 126 valence electrons. The molecule has 0 fully saturated rings. The van der Waals surface area contributed by atoms with Crippen molar-refractivity contribution in [2.45, 2.75) is 19.1 Å². The quantitative estimate of drug-likeness (QED) is 0.780. The van der Waals surface area contributed by atoms with Crippen LogP contribution in [0, 0.1) is 5.82 Å². The Labute approximate surface area is 141 Å². The fourth-order valence-electron chi connectivity index (χ4n) is 2.60. The number of nitrogens with one attached hydrogen (secondary N) is 1. The Hall–Kier alpha value is -3.29. The van der Waals surface area contributed by atoms with E-state index in [4.69, 9.17) is 9.26 Å². The molecule has 0 bridgehead atoms.